The molecule has 8 nitrogen and oxygen atoms in total. The molecule has 2 atom stereocenters. The number of carbonyl (C=O) groups excluding carboxylic acids is 3. The first kappa shape index (κ1) is 40.5. The third kappa shape index (κ3) is 12.7. The lowest BCUT2D eigenvalue weighted by Crippen LogP contribution is -2.51. The van der Waals surface area contributed by atoms with Crippen LogP contribution in [0.2, 0.25) is 0 Å². The Hall–Kier alpha value is -3.96. The molecular weight excluding hydrogens is 661 g/mol. The Morgan fingerprint density at radius 2 is 1.52 bits per heavy atom. The van der Waals surface area contributed by atoms with Gasteiger partial charge in [0.05, 0.1) is 18.7 Å². The van der Waals surface area contributed by atoms with Crippen LogP contribution in [0, 0.1) is 18.6 Å². The van der Waals surface area contributed by atoms with E-state index >= 15 is 0 Å². The van der Waals surface area contributed by atoms with Crippen LogP contribution in [-0.4, -0.2) is 75.9 Å². The highest BCUT2D eigenvalue weighted by Crippen LogP contribution is 2.22. The van der Waals surface area contributed by atoms with Crippen LogP contribution in [-0.2, 0) is 17.7 Å². The van der Waals surface area contributed by atoms with Crippen molar-refractivity contribution in [2.45, 2.75) is 96.9 Å². The van der Waals surface area contributed by atoms with Crippen molar-refractivity contribution in [2.75, 3.05) is 25.4 Å². The molecule has 3 rings (SSSR count). The summed E-state index contributed by atoms with van der Waals surface area (Å²) in [4.78, 5) is 44.8. The third-order valence-corrected chi connectivity index (χ3v) is 8.54. The first-order valence-corrected chi connectivity index (χ1v) is 18.1. The molecule has 0 aromatic heterocycles. The summed E-state index contributed by atoms with van der Waals surface area (Å²) in [6.45, 7) is 14.0. The maximum Gasteiger partial charge on any atom is 0.410 e. The quantitative estimate of drug-likeness (QED) is 0.147. The van der Waals surface area contributed by atoms with Gasteiger partial charge < -0.3 is 25.0 Å². The van der Waals surface area contributed by atoms with Gasteiger partial charge >= 0.3 is 6.09 Å². The van der Waals surface area contributed by atoms with Crippen LogP contribution in [0.4, 0.5) is 13.6 Å². The van der Waals surface area contributed by atoms with Crippen LogP contribution in [0.3, 0.4) is 0 Å². The molecule has 0 bridgehead atoms. The van der Waals surface area contributed by atoms with Crippen LogP contribution in [0.15, 0.2) is 65.6 Å². The predicted molar refractivity (Wildman–Crippen MR) is 194 cm³/mol. The molecule has 3 amide bonds. The third-order valence-electron chi connectivity index (χ3n) is 7.66. The Morgan fingerprint density at radius 1 is 0.880 bits per heavy atom. The molecule has 0 radical (unpaired) electrons. The number of thioether (sulfide) groups is 1. The van der Waals surface area contributed by atoms with Gasteiger partial charge in [0.2, 0.25) is 0 Å². The van der Waals surface area contributed by atoms with Crippen molar-refractivity contribution in [2.24, 2.45) is 0 Å². The summed E-state index contributed by atoms with van der Waals surface area (Å²) >= 11 is 1.66. The largest absolute Gasteiger partial charge is 0.444 e. The fourth-order valence-electron chi connectivity index (χ4n) is 5.60. The van der Waals surface area contributed by atoms with Gasteiger partial charge in [0.1, 0.15) is 17.2 Å². The van der Waals surface area contributed by atoms with E-state index in [1.807, 2.05) is 45.0 Å². The molecule has 0 aliphatic heterocycles. The second-order valence-corrected chi connectivity index (χ2v) is 14.8. The van der Waals surface area contributed by atoms with Crippen LogP contribution in [0.25, 0.3) is 0 Å². The van der Waals surface area contributed by atoms with Gasteiger partial charge in [-0.1, -0.05) is 32.9 Å². The van der Waals surface area contributed by atoms with Crippen molar-refractivity contribution in [3.63, 3.8) is 0 Å². The molecule has 0 heterocycles. The number of amides is 3. The monoisotopic (exact) mass is 711 g/mol. The number of aryl methyl sites for hydroxylation is 1. The summed E-state index contributed by atoms with van der Waals surface area (Å²) in [5.41, 5.74) is 1.44. The topological polar surface area (TPSA) is 99.2 Å². The minimum Gasteiger partial charge on any atom is -0.444 e. The Balaban J connectivity index is 1.97. The van der Waals surface area contributed by atoms with Crippen molar-refractivity contribution in [3.05, 3.63) is 100 Å². The summed E-state index contributed by atoms with van der Waals surface area (Å²) in [6, 6.07) is 14.5. The second kappa shape index (κ2) is 18.9. The number of benzene rings is 3. The number of aliphatic hydroxyl groups excluding tert-OH is 1. The maximum atomic E-state index is 14.3. The molecule has 3 aromatic carbocycles. The number of hydrogen-bond acceptors (Lipinski definition) is 6. The standard InChI is InChI=1S/C39H51F2N3O5S/c1-8-14-43(15-9-2)37(47)30-17-26(4)16-29(22-30)36(46)42-34(21-28-18-31(40)23-32(41)19-28)35(45)25-44(38(48)49-39(5,6)7)24-27-12-11-13-33(20-27)50-10-3/h11-13,16-20,22-23,34-35,45H,8-10,14-15,21,24-25H2,1-7H3,(H,42,46)/t34-,35+/m0/s1. The van der Waals surface area contributed by atoms with Gasteiger partial charge in [0.15, 0.2) is 0 Å². The first-order chi connectivity index (χ1) is 23.6. The zero-order valence-electron chi connectivity index (χ0n) is 30.2. The molecule has 0 saturated heterocycles. The molecule has 0 spiro atoms. The van der Waals surface area contributed by atoms with Crippen molar-refractivity contribution in [1.82, 2.24) is 15.1 Å². The number of rotatable bonds is 16. The van der Waals surface area contributed by atoms with Crippen molar-refractivity contribution < 1.29 is 33.0 Å². The fourth-order valence-corrected chi connectivity index (χ4v) is 6.34. The molecule has 272 valence electrons. The molecule has 0 fully saturated rings. The molecular formula is C39H51F2N3O5S. The number of hydrogen-bond donors (Lipinski definition) is 2. The number of aliphatic hydroxyl groups is 1. The average Bonchev–Trinajstić information content (AvgIpc) is 3.02. The van der Waals surface area contributed by atoms with Gasteiger partial charge in [0.25, 0.3) is 11.8 Å². The Kier molecular flexibility index (Phi) is 15.3. The maximum absolute atomic E-state index is 14.3. The molecule has 0 saturated carbocycles. The van der Waals surface area contributed by atoms with Crippen LogP contribution >= 0.6 is 11.8 Å². The average molecular weight is 712 g/mol. The predicted octanol–water partition coefficient (Wildman–Crippen LogP) is 7.79. The summed E-state index contributed by atoms with van der Waals surface area (Å²) in [7, 11) is 0. The minimum absolute atomic E-state index is 0.106. The highest BCUT2D eigenvalue weighted by Gasteiger charge is 2.30. The fraction of sp³-hybridized carbons (Fsp3) is 0.462. The van der Waals surface area contributed by atoms with Gasteiger partial charge in [0, 0.05) is 41.7 Å². The van der Waals surface area contributed by atoms with E-state index in [0.29, 0.717) is 24.2 Å². The lowest BCUT2D eigenvalue weighted by molar-refractivity contribution is 0.00836. The summed E-state index contributed by atoms with van der Waals surface area (Å²) < 4.78 is 34.2. The Morgan fingerprint density at radius 3 is 2.12 bits per heavy atom. The summed E-state index contributed by atoms with van der Waals surface area (Å²) in [5, 5.41) is 14.5. The van der Waals surface area contributed by atoms with Crippen LogP contribution in [0.1, 0.15) is 91.8 Å². The highest BCUT2D eigenvalue weighted by molar-refractivity contribution is 7.99. The molecule has 11 heteroatoms. The summed E-state index contributed by atoms with van der Waals surface area (Å²) in [5.74, 6) is -1.51. The number of nitrogens with zero attached hydrogens (tertiary/aromatic N) is 2. The SMILES string of the molecule is CCCN(CCC)C(=O)c1cc(C)cc(C(=O)N[C@@H](Cc2cc(F)cc(F)c2)[C@H](O)CN(Cc2cccc(SCC)c2)C(=O)OC(C)(C)C)c1. The van der Waals surface area contributed by atoms with Crippen molar-refractivity contribution in [3.8, 4) is 0 Å². The number of carbonyl (C=O) groups is 3. The van der Waals surface area contributed by atoms with Crippen LogP contribution in [0.5, 0.6) is 0 Å². The molecule has 0 unspecified atom stereocenters. The molecule has 0 aliphatic rings. The lowest BCUT2D eigenvalue weighted by Gasteiger charge is -2.32. The molecule has 50 heavy (non-hydrogen) atoms. The summed E-state index contributed by atoms with van der Waals surface area (Å²) in [6.07, 6.45) is -0.632. The van der Waals surface area contributed by atoms with E-state index in [0.717, 1.165) is 47.3 Å². The molecule has 0 aliphatic carbocycles. The minimum atomic E-state index is -1.39. The van der Waals surface area contributed by atoms with E-state index in [1.165, 1.54) is 11.0 Å². The van der Waals surface area contributed by atoms with E-state index < -0.39 is 41.4 Å². The zero-order valence-corrected chi connectivity index (χ0v) is 31.0. The van der Waals surface area contributed by atoms with Gasteiger partial charge in [-0.25, -0.2) is 13.6 Å². The first-order valence-electron chi connectivity index (χ1n) is 17.2. The number of ether oxygens (including phenoxy) is 1. The van der Waals surface area contributed by atoms with E-state index in [9.17, 15) is 28.3 Å². The lowest BCUT2D eigenvalue weighted by atomic mass is 9.99. The zero-order chi connectivity index (χ0) is 37.0. The Bertz CT molecular complexity index is 1590. The van der Waals surface area contributed by atoms with E-state index in [1.54, 1.807) is 56.5 Å². The van der Waals surface area contributed by atoms with E-state index in [2.05, 4.69) is 5.32 Å². The van der Waals surface area contributed by atoms with Gasteiger partial charge in [-0.15, -0.1) is 11.8 Å². The van der Waals surface area contributed by atoms with E-state index in [4.69, 9.17) is 4.74 Å². The smallest absolute Gasteiger partial charge is 0.410 e. The van der Waals surface area contributed by atoms with Crippen molar-refractivity contribution in [1.29, 1.82) is 0 Å². The number of halogens is 2. The molecule has 3 aromatic rings. The van der Waals surface area contributed by atoms with Gasteiger partial charge in [-0.3, -0.25) is 9.59 Å². The normalized spacial score (nSPS) is 12.6. The van der Waals surface area contributed by atoms with Gasteiger partial charge in [-0.2, -0.15) is 0 Å². The van der Waals surface area contributed by atoms with Crippen LogP contribution < -0.4 is 5.32 Å². The second-order valence-electron chi connectivity index (χ2n) is 13.5. The Labute approximate surface area is 299 Å². The number of nitrogens with one attached hydrogen (secondary N) is 1. The van der Waals surface area contributed by atoms with E-state index in [-0.39, 0.29) is 36.5 Å². The highest BCUT2D eigenvalue weighted by atomic mass is 32.2. The van der Waals surface area contributed by atoms with Gasteiger partial charge in [-0.05, 0) is 112 Å². The molecule has 2 N–H and O–H groups in total. The van der Waals surface area contributed by atoms with Crippen molar-refractivity contribution >= 4 is 29.7 Å².